The van der Waals surface area contributed by atoms with E-state index in [4.69, 9.17) is 4.74 Å². The second kappa shape index (κ2) is 14.7. The average Bonchev–Trinajstić information content (AvgIpc) is 3.00. The molecule has 3 heterocycles. The lowest BCUT2D eigenvalue weighted by Gasteiger charge is -2.47. The quantitative estimate of drug-likeness (QED) is 0.207. The number of aromatic nitrogens is 4. The predicted octanol–water partition coefficient (Wildman–Crippen LogP) is 5.44. The van der Waals surface area contributed by atoms with Crippen LogP contribution in [0.3, 0.4) is 0 Å². The fourth-order valence-electron chi connectivity index (χ4n) is 6.10. The predicted molar refractivity (Wildman–Crippen MR) is 195 cm³/mol. The fourth-order valence-corrected chi connectivity index (χ4v) is 6.91. The van der Waals surface area contributed by atoms with Crippen LogP contribution in [-0.2, 0) is 21.5 Å². The topological polar surface area (TPSA) is 172 Å². The standard InChI is InChI=1S/C36H46N8O5S/c1-23-10-8-11-24(2)32(23)29-15-31(41-34(40-29)43-50(47,48)42-26-13-9-12-25(14-26)33(45)46)49-20-27(16-35(3,4)5)37-19-30-38-17-28(18-39-30)44-21-36(6,7)22-44/h8-13,15,17-18,27,37H,14,16,19-22H2,1-7H3,(H,45,46)(H,40,41,43)/t27-/m1/s1. The zero-order chi connectivity index (χ0) is 36.3. The van der Waals surface area contributed by atoms with Crippen molar-refractivity contribution in [2.45, 2.75) is 73.9 Å². The molecule has 0 spiro atoms. The third-order valence-electron chi connectivity index (χ3n) is 8.26. The number of allylic oxidation sites excluding steroid dienone is 3. The molecule has 13 nitrogen and oxygen atoms in total. The maximum Gasteiger partial charge on any atom is 0.344 e. The van der Waals surface area contributed by atoms with Gasteiger partial charge in [0, 0.05) is 42.8 Å². The second-order valence-electron chi connectivity index (χ2n) is 14.9. The molecule has 0 radical (unpaired) electrons. The van der Waals surface area contributed by atoms with Crippen molar-refractivity contribution in [2.24, 2.45) is 15.2 Å². The first-order chi connectivity index (χ1) is 23.5. The van der Waals surface area contributed by atoms with E-state index in [1.54, 1.807) is 6.07 Å². The molecule has 14 heteroatoms. The Hall–Kier alpha value is -4.69. The molecule has 1 aliphatic carbocycles. The van der Waals surface area contributed by atoms with Gasteiger partial charge in [-0.1, -0.05) is 65.0 Å². The number of carboxylic acids is 1. The highest BCUT2D eigenvalue weighted by Crippen LogP contribution is 2.33. The Morgan fingerprint density at radius 3 is 2.42 bits per heavy atom. The summed E-state index contributed by atoms with van der Waals surface area (Å²) in [5, 5.41) is 12.9. The lowest BCUT2D eigenvalue weighted by Crippen LogP contribution is -2.53. The summed E-state index contributed by atoms with van der Waals surface area (Å²) in [4.78, 5) is 31.8. The Morgan fingerprint density at radius 1 is 1.12 bits per heavy atom. The fraction of sp³-hybridized carbons (Fsp3) is 0.444. The van der Waals surface area contributed by atoms with Crippen LogP contribution in [0.25, 0.3) is 11.3 Å². The second-order valence-corrected chi connectivity index (χ2v) is 16.2. The van der Waals surface area contributed by atoms with Crippen molar-refractivity contribution in [3.63, 3.8) is 0 Å². The van der Waals surface area contributed by atoms with Crippen molar-refractivity contribution >= 4 is 33.5 Å². The molecule has 1 fully saturated rings. The zero-order valence-electron chi connectivity index (χ0n) is 29.7. The van der Waals surface area contributed by atoms with Gasteiger partial charge in [-0.25, -0.2) is 24.5 Å². The number of benzene rings is 1. The van der Waals surface area contributed by atoms with E-state index in [1.807, 2.05) is 44.4 Å². The van der Waals surface area contributed by atoms with Crippen molar-refractivity contribution in [1.29, 1.82) is 0 Å². The molecule has 1 aromatic carbocycles. The molecule has 266 valence electrons. The summed E-state index contributed by atoms with van der Waals surface area (Å²) in [5.41, 5.74) is 4.58. The van der Waals surface area contributed by atoms with Gasteiger partial charge in [0.1, 0.15) is 12.4 Å². The Kier molecular flexibility index (Phi) is 10.7. The number of hydrogen-bond acceptors (Lipinski definition) is 10. The van der Waals surface area contributed by atoms with Crippen LogP contribution in [0.1, 0.15) is 64.4 Å². The van der Waals surface area contributed by atoms with Crippen LogP contribution >= 0.6 is 0 Å². The SMILES string of the molecule is Cc1cccc(C)c1-c1cc(OC[C@@H](CC(C)(C)C)NCc2ncc(N3CC(C)(C)C3)cn2)nc(NS(=O)(=O)N=C2C=CC=C(C(=O)O)C2)n1. The largest absolute Gasteiger partial charge is 0.478 e. The number of carboxylic acid groups (broad SMARTS) is 1. The van der Waals surface area contributed by atoms with Crippen molar-refractivity contribution in [2.75, 3.05) is 29.3 Å². The summed E-state index contributed by atoms with van der Waals surface area (Å²) < 4.78 is 38.7. The number of aryl methyl sites for hydroxylation is 2. The molecule has 3 N–H and O–H groups in total. The average molecular weight is 703 g/mol. The molecule has 2 aliphatic rings. The Bertz CT molecular complexity index is 1900. The first kappa shape index (κ1) is 36.6. The summed E-state index contributed by atoms with van der Waals surface area (Å²) >= 11 is 0. The number of carbonyl (C=O) groups is 1. The van der Waals surface area contributed by atoms with Crippen LogP contribution in [0, 0.1) is 24.7 Å². The third kappa shape index (κ3) is 9.94. The number of hydrogen-bond donors (Lipinski definition) is 3. The van der Waals surface area contributed by atoms with Gasteiger partial charge < -0.3 is 20.1 Å². The molecular weight excluding hydrogens is 657 g/mol. The highest BCUT2D eigenvalue weighted by Gasteiger charge is 2.34. The van der Waals surface area contributed by atoms with Crippen LogP contribution in [0.15, 0.2) is 64.9 Å². The van der Waals surface area contributed by atoms with Crippen LogP contribution in [0.4, 0.5) is 11.6 Å². The molecular formula is C36H46N8O5S. The maximum absolute atomic E-state index is 13.1. The van der Waals surface area contributed by atoms with Crippen molar-refractivity contribution in [1.82, 2.24) is 25.3 Å². The number of anilines is 2. The summed E-state index contributed by atoms with van der Waals surface area (Å²) in [6.45, 7) is 17.5. The van der Waals surface area contributed by atoms with E-state index in [1.165, 1.54) is 18.2 Å². The molecule has 0 saturated carbocycles. The highest BCUT2D eigenvalue weighted by molar-refractivity contribution is 7.91. The molecule has 1 atom stereocenters. The minimum Gasteiger partial charge on any atom is -0.478 e. The van der Waals surface area contributed by atoms with Gasteiger partial charge in [-0.05, 0) is 48.3 Å². The number of nitrogens with one attached hydrogen (secondary N) is 2. The molecule has 1 aliphatic heterocycles. The van der Waals surface area contributed by atoms with Crippen molar-refractivity contribution in [3.8, 4) is 17.1 Å². The van der Waals surface area contributed by atoms with Gasteiger partial charge in [-0.3, -0.25) is 0 Å². The van der Waals surface area contributed by atoms with Gasteiger partial charge in [0.05, 0.1) is 36.0 Å². The summed E-state index contributed by atoms with van der Waals surface area (Å²) in [6.07, 6.45) is 8.65. The van der Waals surface area contributed by atoms with Crippen LogP contribution in [0.5, 0.6) is 5.88 Å². The summed E-state index contributed by atoms with van der Waals surface area (Å²) in [6, 6.07) is 7.42. The summed E-state index contributed by atoms with van der Waals surface area (Å²) in [7, 11) is -4.37. The number of rotatable bonds is 13. The van der Waals surface area contributed by atoms with Gasteiger partial charge in [0.25, 0.3) is 0 Å². The van der Waals surface area contributed by atoms with E-state index < -0.39 is 16.2 Å². The van der Waals surface area contributed by atoms with Crippen LogP contribution in [-0.4, -0.2) is 70.9 Å². The van der Waals surface area contributed by atoms with Crippen molar-refractivity contribution in [3.05, 3.63) is 77.4 Å². The smallest absolute Gasteiger partial charge is 0.344 e. The number of nitrogens with zero attached hydrogens (tertiary/aromatic N) is 6. The van der Waals surface area contributed by atoms with Gasteiger partial charge in [-0.2, -0.15) is 13.4 Å². The highest BCUT2D eigenvalue weighted by atomic mass is 32.2. The van der Waals surface area contributed by atoms with Crippen LogP contribution in [0.2, 0.25) is 0 Å². The van der Waals surface area contributed by atoms with Gasteiger partial charge in [-0.15, -0.1) is 4.40 Å². The zero-order valence-corrected chi connectivity index (χ0v) is 30.5. The first-order valence-electron chi connectivity index (χ1n) is 16.6. The molecule has 50 heavy (non-hydrogen) atoms. The van der Waals surface area contributed by atoms with Gasteiger partial charge in [0.2, 0.25) is 11.8 Å². The number of aliphatic carboxylic acids is 1. The normalized spacial score (nSPS) is 17.2. The van der Waals surface area contributed by atoms with E-state index in [2.05, 4.69) is 73.9 Å². The number of ether oxygens (including phenoxy) is 1. The molecule has 2 aromatic heterocycles. The molecule has 3 aromatic rings. The van der Waals surface area contributed by atoms with E-state index >= 15 is 0 Å². The Balaban J connectivity index is 1.35. The lowest BCUT2D eigenvalue weighted by molar-refractivity contribution is -0.132. The molecule has 0 bridgehead atoms. The third-order valence-corrected chi connectivity index (χ3v) is 9.18. The van der Waals surface area contributed by atoms with E-state index in [0.717, 1.165) is 41.9 Å². The maximum atomic E-state index is 13.1. The minimum absolute atomic E-state index is 0.0307. The van der Waals surface area contributed by atoms with E-state index in [0.29, 0.717) is 23.5 Å². The Labute approximate surface area is 294 Å². The minimum atomic E-state index is -4.37. The summed E-state index contributed by atoms with van der Waals surface area (Å²) in [5.74, 6) is -0.521. The molecule has 0 unspecified atom stereocenters. The molecule has 0 amide bonds. The van der Waals surface area contributed by atoms with Gasteiger partial charge >= 0.3 is 16.2 Å². The van der Waals surface area contributed by atoms with Crippen molar-refractivity contribution < 1.29 is 23.1 Å². The first-order valence-corrected chi connectivity index (χ1v) is 18.0. The van der Waals surface area contributed by atoms with E-state index in [9.17, 15) is 18.3 Å². The monoisotopic (exact) mass is 702 g/mol. The molecule has 5 rings (SSSR count). The van der Waals surface area contributed by atoms with Gasteiger partial charge in [0.15, 0.2) is 0 Å². The van der Waals surface area contributed by atoms with Crippen LogP contribution < -0.4 is 19.7 Å². The molecule has 1 saturated heterocycles. The van der Waals surface area contributed by atoms with E-state index in [-0.39, 0.29) is 47.6 Å². The lowest BCUT2D eigenvalue weighted by atomic mass is 9.84. The Morgan fingerprint density at radius 2 is 1.80 bits per heavy atom.